The number of aliphatic carboxylic acids is 1. The van der Waals surface area contributed by atoms with Crippen molar-refractivity contribution >= 4 is 5.97 Å². The minimum Gasteiger partial charge on any atom is -0.479 e. The molecule has 1 unspecified atom stereocenters. The Morgan fingerprint density at radius 2 is 1.94 bits per heavy atom. The number of rotatable bonds is 5. The summed E-state index contributed by atoms with van der Waals surface area (Å²) in [5.74, 6) is -0.366. The molecule has 0 spiro atoms. The highest BCUT2D eigenvalue weighted by molar-refractivity contribution is 5.74. The maximum absolute atomic E-state index is 11.2. The van der Waals surface area contributed by atoms with Gasteiger partial charge in [-0.1, -0.05) is 43.2 Å². The normalized spacial score (nSPS) is 18.1. The van der Waals surface area contributed by atoms with Crippen LogP contribution in [0.25, 0.3) is 0 Å². The lowest BCUT2D eigenvalue weighted by Gasteiger charge is -2.16. The van der Waals surface area contributed by atoms with Gasteiger partial charge in [-0.25, -0.2) is 4.79 Å². The molecule has 1 aromatic carbocycles. The van der Waals surface area contributed by atoms with E-state index in [0.717, 1.165) is 5.56 Å². The number of ether oxygens (including phenoxy) is 1. The van der Waals surface area contributed by atoms with Crippen molar-refractivity contribution < 1.29 is 14.6 Å². The fourth-order valence-corrected chi connectivity index (χ4v) is 2.35. The first-order chi connectivity index (χ1) is 8.27. The molecule has 0 heterocycles. The van der Waals surface area contributed by atoms with E-state index >= 15 is 0 Å². The summed E-state index contributed by atoms with van der Waals surface area (Å²) < 4.78 is 5.57. The minimum absolute atomic E-state index is 0.542. The summed E-state index contributed by atoms with van der Waals surface area (Å²) in [6.45, 7) is 0.561. The molecule has 1 aliphatic rings. The van der Waals surface area contributed by atoms with Crippen molar-refractivity contribution in [2.24, 2.45) is 5.92 Å². The Labute approximate surface area is 101 Å². The van der Waals surface area contributed by atoms with Crippen LogP contribution in [0.4, 0.5) is 0 Å². The molecule has 1 fully saturated rings. The van der Waals surface area contributed by atoms with E-state index in [9.17, 15) is 9.90 Å². The summed E-state index contributed by atoms with van der Waals surface area (Å²) in [6.07, 6.45) is 4.01. The molecule has 0 bridgehead atoms. The molecule has 1 aliphatic carbocycles. The van der Waals surface area contributed by atoms with Gasteiger partial charge in [-0.3, -0.25) is 0 Å². The van der Waals surface area contributed by atoms with Gasteiger partial charge in [0.25, 0.3) is 0 Å². The molecule has 1 atom stereocenters. The first kappa shape index (κ1) is 12.1. The van der Waals surface area contributed by atoms with Crippen molar-refractivity contribution in [2.45, 2.75) is 31.8 Å². The van der Waals surface area contributed by atoms with E-state index in [4.69, 9.17) is 4.74 Å². The molecule has 0 aromatic heterocycles. The van der Waals surface area contributed by atoms with E-state index in [1.165, 1.54) is 25.7 Å². The summed E-state index contributed by atoms with van der Waals surface area (Å²) in [4.78, 5) is 11.2. The zero-order valence-electron chi connectivity index (χ0n) is 9.84. The lowest BCUT2D eigenvalue weighted by molar-refractivity contribution is -0.151. The maximum atomic E-state index is 11.2. The lowest BCUT2D eigenvalue weighted by atomic mass is 10.1. The van der Waals surface area contributed by atoms with E-state index in [1.54, 1.807) is 12.1 Å². The van der Waals surface area contributed by atoms with E-state index in [2.05, 4.69) is 0 Å². The second kappa shape index (κ2) is 5.82. The average Bonchev–Trinajstić information content (AvgIpc) is 2.83. The summed E-state index contributed by atoms with van der Waals surface area (Å²) in [5.41, 5.74) is 0.720. The molecule has 0 saturated heterocycles. The van der Waals surface area contributed by atoms with Crippen LogP contribution in [-0.2, 0) is 9.53 Å². The third-order valence-electron chi connectivity index (χ3n) is 3.30. The van der Waals surface area contributed by atoms with Gasteiger partial charge in [-0.05, 0) is 24.3 Å². The van der Waals surface area contributed by atoms with Crippen LogP contribution in [0.15, 0.2) is 30.3 Å². The largest absolute Gasteiger partial charge is 0.479 e. The Kier molecular flexibility index (Phi) is 4.15. The Hall–Kier alpha value is -1.35. The standard InChI is InChI=1S/C14H18O3/c15-14(16)13(12-8-2-1-3-9-12)17-10-11-6-4-5-7-11/h1-3,8-9,11,13H,4-7,10H2,(H,15,16). The van der Waals surface area contributed by atoms with Gasteiger partial charge in [-0.15, -0.1) is 0 Å². The zero-order chi connectivity index (χ0) is 12.1. The Balaban J connectivity index is 1.95. The summed E-state index contributed by atoms with van der Waals surface area (Å²) >= 11 is 0. The van der Waals surface area contributed by atoms with E-state index < -0.39 is 12.1 Å². The molecule has 1 aromatic rings. The minimum atomic E-state index is -0.908. The number of hydrogen-bond donors (Lipinski definition) is 1. The maximum Gasteiger partial charge on any atom is 0.337 e. The predicted octanol–water partition coefficient (Wildman–Crippen LogP) is 3.02. The van der Waals surface area contributed by atoms with Crippen LogP contribution in [0.3, 0.4) is 0 Å². The second-order valence-corrected chi connectivity index (χ2v) is 4.61. The molecule has 0 amide bonds. The third kappa shape index (κ3) is 3.30. The highest BCUT2D eigenvalue weighted by Crippen LogP contribution is 2.27. The Morgan fingerprint density at radius 3 is 2.53 bits per heavy atom. The molecule has 3 heteroatoms. The van der Waals surface area contributed by atoms with Gasteiger partial charge in [-0.2, -0.15) is 0 Å². The molecular formula is C14H18O3. The third-order valence-corrected chi connectivity index (χ3v) is 3.30. The van der Waals surface area contributed by atoms with Gasteiger partial charge in [0, 0.05) is 0 Å². The first-order valence-corrected chi connectivity index (χ1v) is 6.16. The van der Waals surface area contributed by atoms with Crippen LogP contribution < -0.4 is 0 Å². The SMILES string of the molecule is O=C(O)C(OCC1CCCC1)c1ccccc1. The van der Waals surface area contributed by atoms with Gasteiger partial charge in [0.2, 0.25) is 0 Å². The van der Waals surface area contributed by atoms with Crippen molar-refractivity contribution in [3.63, 3.8) is 0 Å². The average molecular weight is 234 g/mol. The van der Waals surface area contributed by atoms with Crippen molar-refractivity contribution in [1.82, 2.24) is 0 Å². The van der Waals surface area contributed by atoms with Gasteiger partial charge >= 0.3 is 5.97 Å². The molecular weight excluding hydrogens is 216 g/mol. The highest BCUT2D eigenvalue weighted by Gasteiger charge is 2.23. The van der Waals surface area contributed by atoms with Crippen molar-refractivity contribution in [2.75, 3.05) is 6.61 Å². The van der Waals surface area contributed by atoms with Crippen LogP contribution in [-0.4, -0.2) is 17.7 Å². The number of carbonyl (C=O) groups is 1. The summed E-state index contributed by atoms with van der Waals surface area (Å²) in [5, 5.41) is 9.18. The van der Waals surface area contributed by atoms with Crippen LogP contribution >= 0.6 is 0 Å². The Morgan fingerprint density at radius 1 is 1.29 bits per heavy atom. The van der Waals surface area contributed by atoms with Crippen molar-refractivity contribution in [3.8, 4) is 0 Å². The van der Waals surface area contributed by atoms with Gasteiger partial charge in [0.15, 0.2) is 6.10 Å². The van der Waals surface area contributed by atoms with E-state index in [0.29, 0.717) is 12.5 Å². The van der Waals surface area contributed by atoms with E-state index in [1.807, 2.05) is 18.2 Å². The molecule has 3 nitrogen and oxygen atoms in total. The summed E-state index contributed by atoms with van der Waals surface area (Å²) in [7, 11) is 0. The second-order valence-electron chi connectivity index (χ2n) is 4.61. The quantitative estimate of drug-likeness (QED) is 0.851. The van der Waals surface area contributed by atoms with Crippen LogP contribution in [0.1, 0.15) is 37.4 Å². The first-order valence-electron chi connectivity index (χ1n) is 6.16. The monoisotopic (exact) mass is 234 g/mol. The van der Waals surface area contributed by atoms with Crippen molar-refractivity contribution in [3.05, 3.63) is 35.9 Å². The summed E-state index contributed by atoms with van der Waals surface area (Å²) in [6, 6.07) is 9.15. The fourth-order valence-electron chi connectivity index (χ4n) is 2.35. The molecule has 1 N–H and O–H groups in total. The smallest absolute Gasteiger partial charge is 0.337 e. The number of carboxylic acids is 1. The zero-order valence-corrected chi connectivity index (χ0v) is 9.84. The number of hydrogen-bond acceptors (Lipinski definition) is 2. The topological polar surface area (TPSA) is 46.5 Å². The lowest BCUT2D eigenvalue weighted by Crippen LogP contribution is -2.18. The van der Waals surface area contributed by atoms with Crippen molar-refractivity contribution in [1.29, 1.82) is 0 Å². The highest BCUT2D eigenvalue weighted by atomic mass is 16.5. The molecule has 1 saturated carbocycles. The fraction of sp³-hybridized carbons (Fsp3) is 0.500. The molecule has 17 heavy (non-hydrogen) atoms. The van der Waals surface area contributed by atoms with Crippen LogP contribution in [0.5, 0.6) is 0 Å². The van der Waals surface area contributed by atoms with E-state index in [-0.39, 0.29) is 0 Å². The number of benzene rings is 1. The Bertz CT molecular complexity index is 355. The van der Waals surface area contributed by atoms with Crippen LogP contribution in [0.2, 0.25) is 0 Å². The number of carboxylic acid groups (broad SMARTS) is 1. The van der Waals surface area contributed by atoms with Gasteiger partial charge < -0.3 is 9.84 Å². The molecule has 2 rings (SSSR count). The van der Waals surface area contributed by atoms with Gasteiger partial charge in [0.1, 0.15) is 0 Å². The predicted molar refractivity (Wildman–Crippen MR) is 64.7 cm³/mol. The molecule has 0 aliphatic heterocycles. The molecule has 92 valence electrons. The van der Waals surface area contributed by atoms with Gasteiger partial charge in [0.05, 0.1) is 6.61 Å². The van der Waals surface area contributed by atoms with Crippen LogP contribution in [0, 0.1) is 5.92 Å². The molecule has 0 radical (unpaired) electrons.